The van der Waals surface area contributed by atoms with Gasteiger partial charge in [-0.15, -0.1) is 21.8 Å². The molecular weight excluding hydrogens is 348 g/mol. The number of aryl methyl sites for hydroxylation is 1. The highest BCUT2D eigenvalue weighted by Crippen LogP contribution is 2.30. The number of aromatic nitrogens is 3. The molecule has 1 aliphatic carbocycles. The second kappa shape index (κ2) is 7.87. The van der Waals surface area contributed by atoms with E-state index in [1.54, 1.807) is 7.11 Å². The lowest BCUT2D eigenvalue weighted by molar-refractivity contribution is 0.414. The van der Waals surface area contributed by atoms with Crippen LogP contribution in [0.1, 0.15) is 37.5 Å². The Morgan fingerprint density at radius 2 is 2.04 bits per heavy atom. The largest absolute Gasteiger partial charge is 0.497 e. The first-order valence-corrected chi connectivity index (χ1v) is 9.28. The molecule has 26 heavy (non-hydrogen) atoms. The summed E-state index contributed by atoms with van der Waals surface area (Å²) in [6.45, 7) is 6.44. The molecule has 0 N–H and O–H groups in total. The number of methoxy groups -OCH3 is 1. The van der Waals surface area contributed by atoms with E-state index in [0.717, 1.165) is 46.4 Å². The molecule has 0 bridgehead atoms. The molecule has 4 rings (SSSR count). The SMILES string of the molecule is CC.COc1ccc2c(c1)C(C1=CCC(Cl)C=C1)=NCc1nnc(C)n1-2. The summed E-state index contributed by atoms with van der Waals surface area (Å²) in [5, 5.41) is 8.51. The molecule has 1 aromatic carbocycles. The van der Waals surface area contributed by atoms with Gasteiger partial charge < -0.3 is 4.74 Å². The fourth-order valence-corrected chi connectivity index (χ4v) is 3.26. The number of alkyl halides is 1. The average molecular weight is 371 g/mol. The molecule has 0 saturated carbocycles. The Kier molecular flexibility index (Phi) is 5.57. The van der Waals surface area contributed by atoms with Crippen molar-refractivity contribution >= 4 is 17.3 Å². The first-order chi connectivity index (χ1) is 12.7. The van der Waals surface area contributed by atoms with E-state index in [-0.39, 0.29) is 5.38 Å². The van der Waals surface area contributed by atoms with E-state index >= 15 is 0 Å². The zero-order valence-corrected chi connectivity index (χ0v) is 16.3. The van der Waals surface area contributed by atoms with Crippen molar-refractivity contribution < 1.29 is 4.74 Å². The molecule has 1 atom stereocenters. The highest BCUT2D eigenvalue weighted by Gasteiger charge is 2.23. The number of hydrogen-bond acceptors (Lipinski definition) is 4. The Balaban J connectivity index is 0.000000948. The minimum absolute atomic E-state index is 0.0480. The topological polar surface area (TPSA) is 52.3 Å². The maximum atomic E-state index is 6.16. The molecule has 1 aromatic heterocycles. The number of aliphatic imine (C=N–C) groups is 1. The van der Waals surface area contributed by atoms with Crippen LogP contribution in [0.25, 0.3) is 5.69 Å². The molecule has 0 radical (unpaired) electrons. The van der Waals surface area contributed by atoms with Crippen LogP contribution in [-0.2, 0) is 6.54 Å². The van der Waals surface area contributed by atoms with Crippen molar-refractivity contribution in [3.05, 3.63) is 59.2 Å². The summed E-state index contributed by atoms with van der Waals surface area (Å²) in [5.74, 6) is 2.48. The van der Waals surface area contributed by atoms with Crippen LogP contribution in [0.4, 0.5) is 0 Å². The summed E-state index contributed by atoms with van der Waals surface area (Å²) in [7, 11) is 1.67. The highest BCUT2D eigenvalue weighted by molar-refractivity contribution is 6.23. The Hall–Kier alpha value is -2.40. The van der Waals surface area contributed by atoms with E-state index in [1.807, 2.05) is 51.1 Å². The Labute approximate surface area is 159 Å². The van der Waals surface area contributed by atoms with Gasteiger partial charge in [0.25, 0.3) is 0 Å². The van der Waals surface area contributed by atoms with Crippen LogP contribution in [-0.4, -0.2) is 33.0 Å². The first kappa shape index (κ1) is 18.4. The number of halogens is 1. The second-order valence-electron chi connectivity index (χ2n) is 5.82. The number of hydrogen-bond donors (Lipinski definition) is 0. The van der Waals surface area contributed by atoms with Crippen molar-refractivity contribution in [2.24, 2.45) is 4.99 Å². The Bertz CT molecular complexity index is 895. The van der Waals surface area contributed by atoms with Crippen LogP contribution in [0.2, 0.25) is 0 Å². The second-order valence-corrected chi connectivity index (χ2v) is 6.38. The summed E-state index contributed by atoms with van der Waals surface area (Å²) in [4.78, 5) is 4.82. The highest BCUT2D eigenvalue weighted by atomic mass is 35.5. The third-order valence-electron chi connectivity index (χ3n) is 4.29. The summed E-state index contributed by atoms with van der Waals surface area (Å²) in [6, 6.07) is 6.00. The predicted octanol–water partition coefficient (Wildman–Crippen LogP) is 4.41. The third kappa shape index (κ3) is 3.31. The number of nitrogens with zero attached hydrogens (tertiary/aromatic N) is 4. The molecule has 1 unspecified atom stereocenters. The number of rotatable bonds is 2. The van der Waals surface area contributed by atoms with Gasteiger partial charge in [-0.2, -0.15) is 0 Å². The van der Waals surface area contributed by atoms with Crippen LogP contribution in [0.3, 0.4) is 0 Å². The fourth-order valence-electron chi connectivity index (χ4n) is 3.10. The molecule has 2 heterocycles. The van der Waals surface area contributed by atoms with Gasteiger partial charge in [-0.3, -0.25) is 9.56 Å². The lowest BCUT2D eigenvalue weighted by Gasteiger charge is -2.16. The molecule has 0 saturated heterocycles. The van der Waals surface area contributed by atoms with Crippen molar-refractivity contribution in [1.82, 2.24) is 14.8 Å². The lowest BCUT2D eigenvalue weighted by atomic mass is 9.95. The van der Waals surface area contributed by atoms with Crippen molar-refractivity contribution in [3.8, 4) is 11.4 Å². The van der Waals surface area contributed by atoms with Gasteiger partial charge in [0.2, 0.25) is 0 Å². The van der Waals surface area contributed by atoms with Gasteiger partial charge in [-0.05, 0) is 37.1 Å². The molecule has 6 heteroatoms. The smallest absolute Gasteiger partial charge is 0.159 e. The zero-order valence-electron chi connectivity index (χ0n) is 15.5. The summed E-state index contributed by atoms with van der Waals surface area (Å²) in [5.41, 5.74) is 4.05. The predicted molar refractivity (Wildman–Crippen MR) is 106 cm³/mol. The molecule has 2 aromatic rings. The van der Waals surface area contributed by atoms with Crippen LogP contribution < -0.4 is 4.74 Å². The lowest BCUT2D eigenvalue weighted by Crippen LogP contribution is -2.11. The monoisotopic (exact) mass is 370 g/mol. The maximum absolute atomic E-state index is 6.16. The molecule has 0 amide bonds. The van der Waals surface area contributed by atoms with Gasteiger partial charge in [-0.1, -0.05) is 32.1 Å². The molecule has 0 spiro atoms. The number of fused-ring (bicyclic) bond motifs is 3. The number of ether oxygens (including phenoxy) is 1. The first-order valence-electron chi connectivity index (χ1n) is 8.84. The zero-order chi connectivity index (χ0) is 18.7. The van der Waals surface area contributed by atoms with Gasteiger partial charge in [0.1, 0.15) is 18.1 Å². The van der Waals surface area contributed by atoms with Crippen LogP contribution >= 0.6 is 11.6 Å². The minimum atomic E-state index is 0.0480. The summed E-state index contributed by atoms with van der Waals surface area (Å²) < 4.78 is 7.48. The van der Waals surface area contributed by atoms with Gasteiger partial charge in [0.15, 0.2) is 5.82 Å². The van der Waals surface area contributed by atoms with Crippen molar-refractivity contribution in [1.29, 1.82) is 0 Å². The van der Waals surface area contributed by atoms with Crippen LogP contribution in [0, 0.1) is 6.92 Å². The molecule has 136 valence electrons. The Morgan fingerprint density at radius 3 is 2.73 bits per heavy atom. The third-order valence-corrected chi connectivity index (χ3v) is 4.61. The maximum Gasteiger partial charge on any atom is 0.159 e. The van der Waals surface area contributed by atoms with Crippen molar-refractivity contribution in [2.75, 3.05) is 7.11 Å². The number of allylic oxidation sites excluding steroid dienone is 4. The normalized spacial score (nSPS) is 17.8. The summed E-state index contributed by atoms with van der Waals surface area (Å²) >= 11 is 6.16. The standard InChI is InChI=1S/C18H17ClN4O.C2H6/c1-11-21-22-17-10-20-18(12-3-5-13(19)6-4-12)15-9-14(24-2)7-8-16(15)23(11)17;1-2/h3-5,7-9,13H,6,10H2,1-2H3;1-2H3. The summed E-state index contributed by atoms with van der Waals surface area (Å²) in [6.07, 6.45) is 6.99. The molecule has 0 fully saturated rings. The van der Waals surface area contributed by atoms with Gasteiger partial charge in [0, 0.05) is 5.56 Å². The van der Waals surface area contributed by atoms with Gasteiger partial charge in [0.05, 0.1) is 23.9 Å². The van der Waals surface area contributed by atoms with Gasteiger partial charge >= 0.3 is 0 Å². The molecule has 1 aliphatic heterocycles. The number of benzene rings is 1. The van der Waals surface area contributed by atoms with Gasteiger partial charge in [-0.25, -0.2) is 0 Å². The quantitative estimate of drug-likeness (QED) is 0.736. The minimum Gasteiger partial charge on any atom is -0.497 e. The molecule has 5 nitrogen and oxygen atoms in total. The van der Waals surface area contributed by atoms with E-state index < -0.39 is 0 Å². The van der Waals surface area contributed by atoms with Crippen molar-refractivity contribution in [2.45, 2.75) is 39.1 Å². The van der Waals surface area contributed by atoms with E-state index in [4.69, 9.17) is 21.3 Å². The van der Waals surface area contributed by atoms with E-state index in [0.29, 0.717) is 6.54 Å². The van der Waals surface area contributed by atoms with E-state index in [2.05, 4.69) is 20.8 Å². The Morgan fingerprint density at radius 1 is 1.23 bits per heavy atom. The van der Waals surface area contributed by atoms with E-state index in [9.17, 15) is 0 Å². The average Bonchev–Trinajstić information content (AvgIpc) is 2.96. The van der Waals surface area contributed by atoms with Crippen molar-refractivity contribution in [3.63, 3.8) is 0 Å². The van der Waals surface area contributed by atoms with E-state index in [1.165, 1.54) is 0 Å². The van der Waals surface area contributed by atoms with Crippen LogP contribution in [0.5, 0.6) is 5.75 Å². The fraction of sp³-hybridized carbons (Fsp3) is 0.350. The molecular formula is C20H23ClN4O. The molecule has 2 aliphatic rings. The van der Waals surface area contributed by atoms with Crippen LogP contribution in [0.15, 0.2) is 47.0 Å².